The van der Waals surface area contributed by atoms with Crippen molar-refractivity contribution in [2.24, 2.45) is 0 Å². The minimum absolute atomic E-state index is 0.636. The summed E-state index contributed by atoms with van der Waals surface area (Å²) in [6, 6.07) is 0. The maximum atomic E-state index is 5.64. The Morgan fingerprint density at radius 1 is 1.38 bits per heavy atom. The van der Waals surface area contributed by atoms with E-state index in [0.717, 1.165) is 37.2 Å². The van der Waals surface area contributed by atoms with Crippen LogP contribution < -0.4 is 10.1 Å². The Bertz CT molecular complexity index is 344. The molecule has 1 N–H and O–H groups in total. The Balaban J connectivity index is 1.97. The molecule has 0 bridgehead atoms. The first kappa shape index (κ1) is 11.3. The zero-order valence-electron chi connectivity index (χ0n) is 9.53. The number of methoxy groups -OCH3 is 1. The van der Waals surface area contributed by atoms with Crippen molar-refractivity contribution in [3.05, 3.63) is 17.6 Å². The van der Waals surface area contributed by atoms with Crippen LogP contribution in [0.15, 0.2) is 6.33 Å². The summed E-state index contributed by atoms with van der Waals surface area (Å²) < 4.78 is 10.6. The fourth-order valence-corrected chi connectivity index (χ4v) is 1.74. The molecule has 0 unspecified atom stereocenters. The second-order valence-corrected chi connectivity index (χ2v) is 3.73. The zero-order chi connectivity index (χ0) is 11.2. The van der Waals surface area contributed by atoms with Crippen molar-refractivity contribution in [1.29, 1.82) is 0 Å². The van der Waals surface area contributed by atoms with E-state index in [4.69, 9.17) is 9.47 Å². The van der Waals surface area contributed by atoms with Gasteiger partial charge in [0.05, 0.1) is 12.3 Å². The number of hydrogen-bond donors (Lipinski definition) is 1. The smallest absolute Gasteiger partial charge is 0.221 e. The number of ether oxygens (including phenoxy) is 2. The van der Waals surface area contributed by atoms with Crippen molar-refractivity contribution >= 4 is 0 Å². The standard InChI is InChI=1S/C11H17N3O2/c1-15-5-2-6-16-11-9-7-12-4-3-10(9)13-8-14-11/h8,12H,2-7H2,1H3. The summed E-state index contributed by atoms with van der Waals surface area (Å²) in [5, 5.41) is 3.30. The molecule has 0 aromatic carbocycles. The fraction of sp³-hybridized carbons (Fsp3) is 0.636. The monoisotopic (exact) mass is 223 g/mol. The van der Waals surface area contributed by atoms with Gasteiger partial charge in [-0.15, -0.1) is 0 Å². The van der Waals surface area contributed by atoms with Crippen LogP contribution in [0.1, 0.15) is 17.7 Å². The van der Waals surface area contributed by atoms with Crippen molar-refractivity contribution in [1.82, 2.24) is 15.3 Å². The van der Waals surface area contributed by atoms with E-state index in [1.54, 1.807) is 13.4 Å². The van der Waals surface area contributed by atoms with Crippen molar-refractivity contribution in [3.8, 4) is 5.88 Å². The topological polar surface area (TPSA) is 56.3 Å². The van der Waals surface area contributed by atoms with Crippen LogP contribution in [-0.2, 0) is 17.7 Å². The number of nitrogens with zero attached hydrogens (tertiary/aromatic N) is 2. The van der Waals surface area contributed by atoms with E-state index in [9.17, 15) is 0 Å². The summed E-state index contributed by atoms with van der Waals surface area (Å²) in [4.78, 5) is 8.44. The summed E-state index contributed by atoms with van der Waals surface area (Å²) in [6.45, 7) is 3.13. The highest BCUT2D eigenvalue weighted by Gasteiger charge is 2.15. The van der Waals surface area contributed by atoms with E-state index in [-0.39, 0.29) is 0 Å². The Labute approximate surface area is 95.2 Å². The molecule has 1 aliphatic heterocycles. The molecular weight excluding hydrogens is 206 g/mol. The van der Waals surface area contributed by atoms with Crippen LogP contribution in [-0.4, -0.2) is 36.8 Å². The first-order chi connectivity index (χ1) is 7.92. The van der Waals surface area contributed by atoms with Crippen LogP contribution in [0.3, 0.4) is 0 Å². The summed E-state index contributed by atoms with van der Waals surface area (Å²) in [7, 11) is 1.69. The predicted molar refractivity (Wildman–Crippen MR) is 59.4 cm³/mol. The summed E-state index contributed by atoms with van der Waals surface area (Å²) >= 11 is 0. The highest BCUT2D eigenvalue weighted by Crippen LogP contribution is 2.20. The maximum absolute atomic E-state index is 5.64. The molecule has 0 saturated heterocycles. The van der Waals surface area contributed by atoms with E-state index < -0.39 is 0 Å². The van der Waals surface area contributed by atoms with E-state index in [1.165, 1.54) is 0 Å². The Morgan fingerprint density at radius 3 is 3.19 bits per heavy atom. The van der Waals surface area contributed by atoms with Gasteiger partial charge in [0.15, 0.2) is 0 Å². The van der Waals surface area contributed by atoms with E-state index in [0.29, 0.717) is 19.1 Å². The Hall–Kier alpha value is -1.20. The molecule has 0 saturated carbocycles. The molecule has 1 aliphatic rings. The van der Waals surface area contributed by atoms with Crippen LogP contribution in [0.2, 0.25) is 0 Å². The molecule has 5 nitrogen and oxygen atoms in total. The van der Waals surface area contributed by atoms with E-state index >= 15 is 0 Å². The largest absolute Gasteiger partial charge is 0.477 e. The Morgan fingerprint density at radius 2 is 2.31 bits per heavy atom. The molecule has 1 aromatic rings. The maximum Gasteiger partial charge on any atom is 0.221 e. The van der Waals surface area contributed by atoms with Gasteiger partial charge in [-0.2, -0.15) is 0 Å². The van der Waals surface area contributed by atoms with Crippen molar-refractivity contribution < 1.29 is 9.47 Å². The van der Waals surface area contributed by atoms with Crippen molar-refractivity contribution in [3.63, 3.8) is 0 Å². The van der Waals surface area contributed by atoms with Gasteiger partial charge in [0.1, 0.15) is 6.33 Å². The van der Waals surface area contributed by atoms with E-state index in [1.807, 2.05) is 0 Å². The van der Waals surface area contributed by atoms with Gasteiger partial charge in [-0.05, 0) is 0 Å². The molecule has 16 heavy (non-hydrogen) atoms. The minimum Gasteiger partial charge on any atom is -0.477 e. The fourth-order valence-electron chi connectivity index (χ4n) is 1.74. The first-order valence-electron chi connectivity index (χ1n) is 5.57. The molecule has 1 aromatic heterocycles. The third kappa shape index (κ3) is 2.68. The number of rotatable bonds is 5. The lowest BCUT2D eigenvalue weighted by Crippen LogP contribution is -2.25. The van der Waals surface area contributed by atoms with Gasteiger partial charge in [0.25, 0.3) is 0 Å². The molecule has 0 amide bonds. The molecule has 0 fully saturated rings. The van der Waals surface area contributed by atoms with Gasteiger partial charge >= 0.3 is 0 Å². The highest BCUT2D eigenvalue weighted by molar-refractivity contribution is 5.31. The van der Waals surface area contributed by atoms with Crippen LogP contribution in [0, 0.1) is 0 Å². The minimum atomic E-state index is 0.636. The number of aromatic nitrogens is 2. The third-order valence-corrected chi connectivity index (χ3v) is 2.57. The molecule has 0 radical (unpaired) electrons. The quantitative estimate of drug-likeness (QED) is 0.738. The first-order valence-corrected chi connectivity index (χ1v) is 5.57. The molecule has 0 atom stereocenters. The van der Waals surface area contributed by atoms with Gasteiger partial charge in [0.2, 0.25) is 5.88 Å². The van der Waals surface area contributed by atoms with Crippen molar-refractivity contribution in [2.75, 3.05) is 26.9 Å². The lowest BCUT2D eigenvalue weighted by molar-refractivity contribution is 0.170. The Kier molecular flexibility index (Phi) is 4.07. The summed E-state index contributed by atoms with van der Waals surface area (Å²) in [6.07, 6.45) is 3.41. The third-order valence-electron chi connectivity index (χ3n) is 2.57. The van der Waals surface area contributed by atoms with Gasteiger partial charge in [-0.3, -0.25) is 0 Å². The van der Waals surface area contributed by atoms with Crippen LogP contribution >= 0.6 is 0 Å². The molecule has 0 aliphatic carbocycles. The van der Waals surface area contributed by atoms with Crippen LogP contribution in [0.5, 0.6) is 5.88 Å². The molecule has 88 valence electrons. The second-order valence-electron chi connectivity index (χ2n) is 3.73. The summed E-state index contributed by atoms with van der Waals surface area (Å²) in [5.41, 5.74) is 2.21. The average Bonchev–Trinajstić information content (AvgIpc) is 2.35. The molecular formula is C11H17N3O2. The second kappa shape index (κ2) is 5.77. The number of hydrogen-bond acceptors (Lipinski definition) is 5. The van der Waals surface area contributed by atoms with Gasteiger partial charge in [0, 0.05) is 45.2 Å². The normalized spacial score (nSPS) is 14.6. The highest BCUT2D eigenvalue weighted by atomic mass is 16.5. The van der Waals surface area contributed by atoms with E-state index in [2.05, 4.69) is 15.3 Å². The zero-order valence-corrected chi connectivity index (χ0v) is 9.53. The van der Waals surface area contributed by atoms with Gasteiger partial charge < -0.3 is 14.8 Å². The lowest BCUT2D eigenvalue weighted by Gasteiger charge is -2.18. The van der Waals surface area contributed by atoms with Crippen LogP contribution in [0.25, 0.3) is 0 Å². The molecule has 2 rings (SSSR count). The molecule has 5 heteroatoms. The number of nitrogens with one attached hydrogen (secondary N) is 1. The van der Waals surface area contributed by atoms with Gasteiger partial charge in [-0.25, -0.2) is 9.97 Å². The predicted octanol–water partition coefficient (Wildman–Crippen LogP) is 0.538. The lowest BCUT2D eigenvalue weighted by atomic mass is 10.1. The van der Waals surface area contributed by atoms with Crippen molar-refractivity contribution in [2.45, 2.75) is 19.4 Å². The number of fused-ring (bicyclic) bond motifs is 1. The van der Waals surface area contributed by atoms with Crippen LogP contribution in [0.4, 0.5) is 0 Å². The average molecular weight is 223 g/mol. The molecule has 0 spiro atoms. The molecule has 2 heterocycles. The SMILES string of the molecule is COCCCOc1ncnc2c1CNCC2. The van der Waals surface area contributed by atoms with Gasteiger partial charge in [-0.1, -0.05) is 0 Å². The summed E-state index contributed by atoms with van der Waals surface area (Å²) in [5.74, 6) is 0.716.